The molecule has 0 radical (unpaired) electrons. The van der Waals surface area contributed by atoms with E-state index in [2.05, 4.69) is 26.1 Å². The maximum atomic E-state index is 11.9. The van der Waals surface area contributed by atoms with Crippen molar-refractivity contribution in [2.45, 2.75) is 104 Å². The molecule has 176 valence electrons. The molecule has 0 saturated heterocycles. The van der Waals surface area contributed by atoms with Gasteiger partial charge >= 0.3 is 0 Å². The zero-order chi connectivity index (χ0) is 23.1. The standard InChI is InChI=1S/C25H42N2O4/c1-25(2,3)18-10-11-19-26-22(29)15-9-5-4-7-13-21(28)14-8-6-12-20-27-23(30)16-17-24(27)31/h16-17H,4-15,18-20H2,1-3H3,(H,26,29). The van der Waals surface area contributed by atoms with Gasteiger partial charge in [-0.05, 0) is 43.9 Å². The van der Waals surface area contributed by atoms with Gasteiger partial charge in [-0.25, -0.2) is 0 Å². The molecule has 0 saturated carbocycles. The summed E-state index contributed by atoms with van der Waals surface area (Å²) in [5, 5.41) is 3.00. The lowest BCUT2D eigenvalue weighted by Gasteiger charge is -2.17. The van der Waals surface area contributed by atoms with Gasteiger partial charge < -0.3 is 5.32 Å². The van der Waals surface area contributed by atoms with Crippen molar-refractivity contribution in [1.29, 1.82) is 0 Å². The molecule has 0 unspecified atom stereocenters. The molecule has 0 aromatic rings. The summed E-state index contributed by atoms with van der Waals surface area (Å²) in [5.74, 6) is -0.0627. The van der Waals surface area contributed by atoms with Crippen LogP contribution in [0.4, 0.5) is 0 Å². The minimum absolute atomic E-state index is 0.139. The highest BCUT2D eigenvalue weighted by Crippen LogP contribution is 2.21. The Morgan fingerprint density at radius 1 is 0.774 bits per heavy atom. The molecule has 31 heavy (non-hydrogen) atoms. The van der Waals surface area contributed by atoms with Crippen LogP contribution >= 0.6 is 0 Å². The summed E-state index contributed by atoms with van der Waals surface area (Å²) < 4.78 is 0. The Morgan fingerprint density at radius 2 is 1.32 bits per heavy atom. The number of ketones is 1. The minimum Gasteiger partial charge on any atom is -0.356 e. The fraction of sp³-hybridized carbons (Fsp3) is 0.760. The monoisotopic (exact) mass is 434 g/mol. The van der Waals surface area contributed by atoms with Crippen molar-refractivity contribution in [2.24, 2.45) is 5.41 Å². The molecule has 1 heterocycles. The highest BCUT2D eigenvalue weighted by molar-refractivity contribution is 6.12. The molecule has 1 aliphatic heterocycles. The van der Waals surface area contributed by atoms with E-state index in [9.17, 15) is 19.2 Å². The summed E-state index contributed by atoms with van der Waals surface area (Å²) in [6.07, 6.45) is 13.8. The number of hydrogen-bond acceptors (Lipinski definition) is 4. The van der Waals surface area contributed by atoms with E-state index in [0.717, 1.165) is 64.3 Å². The third-order valence-corrected chi connectivity index (χ3v) is 5.52. The van der Waals surface area contributed by atoms with Gasteiger partial charge in [-0.1, -0.05) is 46.5 Å². The van der Waals surface area contributed by atoms with Gasteiger partial charge in [0.25, 0.3) is 11.8 Å². The van der Waals surface area contributed by atoms with E-state index in [4.69, 9.17) is 0 Å². The molecule has 1 aliphatic rings. The van der Waals surface area contributed by atoms with Crippen molar-refractivity contribution < 1.29 is 19.2 Å². The summed E-state index contributed by atoms with van der Waals surface area (Å²) in [5.41, 5.74) is 0.361. The zero-order valence-corrected chi connectivity index (χ0v) is 19.8. The van der Waals surface area contributed by atoms with Crippen molar-refractivity contribution in [3.8, 4) is 0 Å². The Balaban J connectivity index is 1.88. The van der Waals surface area contributed by atoms with Gasteiger partial charge in [-0.15, -0.1) is 0 Å². The molecule has 0 aromatic carbocycles. The number of imide groups is 1. The smallest absolute Gasteiger partial charge is 0.253 e. The van der Waals surface area contributed by atoms with E-state index in [0.29, 0.717) is 31.2 Å². The predicted octanol–water partition coefficient (Wildman–Crippen LogP) is 4.71. The Kier molecular flexibility index (Phi) is 13.0. The number of unbranched alkanes of at least 4 members (excludes halogenated alkanes) is 6. The van der Waals surface area contributed by atoms with Crippen molar-refractivity contribution in [3.05, 3.63) is 12.2 Å². The van der Waals surface area contributed by atoms with Crippen LogP contribution in [0.1, 0.15) is 104 Å². The van der Waals surface area contributed by atoms with Crippen LogP contribution in [0.3, 0.4) is 0 Å². The summed E-state index contributed by atoms with van der Waals surface area (Å²) in [6, 6.07) is 0. The van der Waals surface area contributed by atoms with Crippen molar-refractivity contribution in [2.75, 3.05) is 13.1 Å². The first-order valence-corrected chi connectivity index (χ1v) is 12.0. The van der Waals surface area contributed by atoms with E-state index in [1.807, 2.05) is 0 Å². The third kappa shape index (κ3) is 13.8. The second-order valence-electron chi connectivity index (χ2n) is 9.79. The molecule has 0 spiro atoms. The molecular formula is C25H42N2O4. The average molecular weight is 435 g/mol. The van der Waals surface area contributed by atoms with Gasteiger partial charge in [-0.2, -0.15) is 0 Å². The highest BCUT2D eigenvalue weighted by Gasteiger charge is 2.22. The summed E-state index contributed by atoms with van der Waals surface area (Å²) >= 11 is 0. The number of Topliss-reactive ketones (excluding diaryl/α,β-unsaturated/α-hetero) is 1. The predicted molar refractivity (Wildman–Crippen MR) is 123 cm³/mol. The van der Waals surface area contributed by atoms with E-state index in [-0.39, 0.29) is 23.5 Å². The molecule has 3 amide bonds. The van der Waals surface area contributed by atoms with Crippen LogP contribution in [-0.2, 0) is 19.2 Å². The van der Waals surface area contributed by atoms with Gasteiger partial charge in [0.05, 0.1) is 0 Å². The van der Waals surface area contributed by atoms with Gasteiger partial charge in [-0.3, -0.25) is 24.1 Å². The maximum absolute atomic E-state index is 11.9. The number of rotatable bonds is 17. The first-order chi connectivity index (χ1) is 14.7. The van der Waals surface area contributed by atoms with Crippen LogP contribution in [0.25, 0.3) is 0 Å². The number of carbonyl (C=O) groups is 4. The number of amides is 3. The molecule has 0 bridgehead atoms. The lowest BCUT2D eigenvalue weighted by atomic mass is 9.90. The second kappa shape index (κ2) is 14.9. The fourth-order valence-electron chi connectivity index (χ4n) is 3.60. The van der Waals surface area contributed by atoms with Gasteiger partial charge in [0.2, 0.25) is 5.91 Å². The van der Waals surface area contributed by atoms with Gasteiger partial charge in [0.1, 0.15) is 5.78 Å². The van der Waals surface area contributed by atoms with Gasteiger partial charge in [0, 0.05) is 44.5 Å². The van der Waals surface area contributed by atoms with Crippen LogP contribution in [0, 0.1) is 5.41 Å². The Bertz CT molecular complexity index is 602. The SMILES string of the molecule is CC(C)(C)CCCCNC(=O)CCCCCCC(=O)CCCCCN1C(=O)C=CC1=O. The van der Waals surface area contributed by atoms with E-state index in [1.165, 1.54) is 23.5 Å². The molecule has 0 atom stereocenters. The molecule has 1 N–H and O–H groups in total. The minimum atomic E-state index is -0.241. The maximum Gasteiger partial charge on any atom is 0.253 e. The largest absolute Gasteiger partial charge is 0.356 e. The quantitative estimate of drug-likeness (QED) is 0.265. The summed E-state index contributed by atoms with van der Waals surface area (Å²) in [6.45, 7) is 7.92. The van der Waals surface area contributed by atoms with E-state index in [1.54, 1.807) is 0 Å². The number of nitrogens with zero attached hydrogens (tertiary/aromatic N) is 1. The summed E-state index contributed by atoms with van der Waals surface area (Å²) in [7, 11) is 0. The van der Waals surface area contributed by atoms with E-state index >= 15 is 0 Å². The molecule has 6 nitrogen and oxygen atoms in total. The molecule has 1 rings (SSSR count). The first-order valence-electron chi connectivity index (χ1n) is 12.0. The highest BCUT2D eigenvalue weighted by atomic mass is 16.2. The number of hydrogen-bond donors (Lipinski definition) is 1. The molecular weight excluding hydrogens is 392 g/mol. The van der Waals surface area contributed by atoms with Gasteiger partial charge in [0.15, 0.2) is 0 Å². The summed E-state index contributed by atoms with van der Waals surface area (Å²) in [4.78, 5) is 47.9. The molecule has 0 aliphatic carbocycles. The average Bonchev–Trinajstić information content (AvgIpc) is 3.01. The zero-order valence-electron chi connectivity index (χ0n) is 19.8. The Labute approximate surface area is 188 Å². The van der Waals surface area contributed by atoms with Crippen LogP contribution in [0.5, 0.6) is 0 Å². The van der Waals surface area contributed by atoms with Crippen molar-refractivity contribution >= 4 is 23.5 Å². The number of carbonyl (C=O) groups excluding carboxylic acids is 4. The normalized spacial score (nSPS) is 13.8. The lowest BCUT2D eigenvalue weighted by molar-refractivity contribution is -0.137. The Hall–Kier alpha value is -1.98. The first kappa shape index (κ1) is 27.1. The molecule has 0 aromatic heterocycles. The second-order valence-corrected chi connectivity index (χ2v) is 9.79. The topological polar surface area (TPSA) is 83.6 Å². The molecule has 0 fully saturated rings. The lowest BCUT2D eigenvalue weighted by Crippen LogP contribution is -2.30. The van der Waals surface area contributed by atoms with Crippen molar-refractivity contribution in [1.82, 2.24) is 10.2 Å². The number of nitrogens with one attached hydrogen (secondary N) is 1. The van der Waals surface area contributed by atoms with Crippen LogP contribution < -0.4 is 5.32 Å². The van der Waals surface area contributed by atoms with Crippen LogP contribution in [-0.4, -0.2) is 41.5 Å². The van der Waals surface area contributed by atoms with E-state index < -0.39 is 0 Å². The molecule has 6 heteroatoms. The Morgan fingerprint density at radius 3 is 1.90 bits per heavy atom. The fourth-order valence-corrected chi connectivity index (χ4v) is 3.60. The van der Waals surface area contributed by atoms with Crippen LogP contribution in [0.2, 0.25) is 0 Å². The van der Waals surface area contributed by atoms with Crippen LogP contribution in [0.15, 0.2) is 12.2 Å². The third-order valence-electron chi connectivity index (χ3n) is 5.52. The van der Waals surface area contributed by atoms with Crippen molar-refractivity contribution in [3.63, 3.8) is 0 Å².